The van der Waals surface area contributed by atoms with Gasteiger partial charge in [0.15, 0.2) is 5.78 Å². The van der Waals surface area contributed by atoms with Gasteiger partial charge >= 0.3 is 0 Å². The Hall–Kier alpha value is -3.68. The number of ketones is 1. The molecule has 2 amide bonds. The lowest BCUT2D eigenvalue weighted by Gasteiger charge is -2.30. The molecule has 3 aliphatic rings. The highest BCUT2D eigenvalue weighted by molar-refractivity contribution is 6.24. The maximum absolute atomic E-state index is 13.3. The third-order valence-corrected chi connectivity index (χ3v) is 5.77. The molecule has 0 bridgehead atoms. The fourth-order valence-corrected chi connectivity index (χ4v) is 4.47. The highest BCUT2D eigenvalue weighted by atomic mass is 19.1. The Bertz CT molecular complexity index is 1110. The number of imide groups is 1. The molecule has 0 radical (unpaired) electrons. The molecule has 0 saturated carbocycles. The predicted octanol–water partition coefficient (Wildman–Crippen LogP) is 2.56. The normalized spacial score (nSPS) is 26.9. The molecule has 150 valence electrons. The first kappa shape index (κ1) is 18.4. The number of hydrogen-bond acceptors (Lipinski definition) is 5. The van der Waals surface area contributed by atoms with Crippen molar-refractivity contribution < 1.29 is 23.2 Å². The van der Waals surface area contributed by atoms with E-state index in [-0.39, 0.29) is 11.3 Å². The van der Waals surface area contributed by atoms with Crippen LogP contribution in [-0.4, -0.2) is 40.9 Å². The number of anilines is 1. The molecule has 3 aliphatic heterocycles. The summed E-state index contributed by atoms with van der Waals surface area (Å²) in [6.45, 7) is 0. The first-order valence-corrected chi connectivity index (χ1v) is 9.39. The van der Waals surface area contributed by atoms with Crippen molar-refractivity contribution in [2.24, 2.45) is 16.9 Å². The number of nitrogens with zero attached hydrogens (tertiary/aromatic N) is 3. The Morgan fingerprint density at radius 1 is 0.867 bits per heavy atom. The molecule has 2 fully saturated rings. The zero-order valence-corrected chi connectivity index (χ0v) is 15.5. The Morgan fingerprint density at radius 2 is 1.47 bits per heavy atom. The zero-order valence-electron chi connectivity index (χ0n) is 15.5. The molecule has 0 aliphatic carbocycles. The van der Waals surface area contributed by atoms with Gasteiger partial charge in [-0.15, -0.1) is 0 Å². The van der Waals surface area contributed by atoms with Gasteiger partial charge in [0, 0.05) is 11.8 Å². The van der Waals surface area contributed by atoms with Crippen molar-refractivity contribution in [1.29, 1.82) is 0 Å². The van der Waals surface area contributed by atoms with Gasteiger partial charge in [-0.2, -0.15) is 5.10 Å². The van der Waals surface area contributed by atoms with Crippen LogP contribution in [-0.2, 0) is 9.59 Å². The molecule has 0 N–H and O–H groups in total. The zero-order chi connectivity index (χ0) is 21.0. The molecule has 0 unspecified atom stereocenters. The van der Waals surface area contributed by atoms with Crippen LogP contribution < -0.4 is 4.90 Å². The molecule has 8 heteroatoms. The van der Waals surface area contributed by atoms with Crippen LogP contribution in [0.2, 0.25) is 0 Å². The average molecular weight is 407 g/mol. The minimum absolute atomic E-state index is 0.228. The molecular formula is C22H15F2N3O3. The Morgan fingerprint density at radius 3 is 2.13 bits per heavy atom. The fraction of sp³-hybridized carbons (Fsp3) is 0.182. The maximum Gasteiger partial charge on any atom is 0.240 e. The van der Waals surface area contributed by atoms with Gasteiger partial charge in [-0.3, -0.25) is 19.4 Å². The summed E-state index contributed by atoms with van der Waals surface area (Å²) in [5.41, 5.74) is 0.481. The molecule has 0 spiro atoms. The van der Waals surface area contributed by atoms with Crippen molar-refractivity contribution >= 4 is 29.5 Å². The number of hydrazone groups is 1. The van der Waals surface area contributed by atoms with Crippen LogP contribution in [0, 0.1) is 23.5 Å². The summed E-state index contributed by atoms with van der Waals surface area (Å²) >= 11 is 0. The van der Waals surface area contributed by atoms with Gasteiger partial charge in [-0.25, -0.2) is 13.7 Å². The van der Waals surface area contributed by atoms with E-state index in [0.717, 1.165) is 4.90 Å². The van der Waals surface area contributed by atoms with Crippen LogP contribution in [0.25, 0.3) is 0 Å². The molecule has 4 atom stereocenters. The standard InChI is InChI=1S/C22H15F2N3O3/c23-13-5-3-12(4-6-13)20(28)19-18-17(16-2-1-11-25-27(16)19)21(29)26(22(18)30)15-9-7-14(24)8-10-15/h1-11,16-19H/t16-,17-,18-,19+/m1/s1. The average Bonchev–Trinajstić information content (AvgIpc) is 3.22. The molecule has 2 saturated heterocycles. The minimum Gasteiger partial charge on any atom is -0.292 e. The van der Waals surface area contributed by atoms with E-state index in [4.69, 9.17) is 0 Å². The number of benzene rings is 2. The lowest BCUT2D eigenvalue weighted by molar-refractivity contribution is -0.123. The van der Waals surface area contributed by atoms with Crippen molar-refractivity contribution in [3.63, 3.8) is 0 Å². The van der Waals surface area contributed by atoms with Crippen LogP contribution in [0.5, 0.6) is 0 Å². The summed E-state index contributed by atoms with van der Waals surface area (Å²) in [7, 11) is 0. The number of fused-ring (bicyclic) bond motifs is 3. The largest absolute Gasteiger partial charge is 0.292 e. The molecule has 0 aromatic heterocycles. The van der Waals surface area contributed by atoms with E-state index in [0.29, 0.717) is 0 Å². The highest BCUT2D eigenvalue weighted by Gasteiger charge is 2.64. The maximum atomic E-state index is 13.3. The predicted molar refractivity (Wildman–Crippen MR) is 104 cm³/mol. The first-order valence-electron chi connectivity index (χ1n) is 9.39. The summed E-state index contributed by atoms with van der Waals surface area (Å²) in [6, 6.07) is 8.52. The number of hydrogen-bond donors (Lipinski definition) is 0. The number of rotatable bonds is 3. The number of allylic oxidation sites excluding steroid dienone is 1. The highest BCUT2D eigenvalue weighted by Crippen LogP contribution is 2.46. The van der Waals surface area contributed by atoms with Crippen molar-refractivity contribution in [1.82, 2.24) is 5.01 Å². The smallest absolute Gasteiger partial charge is 0.240 e. The lowest BCUT2D eigenvalue weighted by Crippen LogP contribution is -2.46. The van der Waals surface area contributed by atoms with E-state index in [9.17, 15) is 23.2 Å². The van der Waals surface area contributed by atoms with Gasteiger partial charge in [0.05, 0.1) is 23.6 Å². The molecule has 6 nitrogen and oxygen atoms in total. The Kier molecular flexibility index (Phi) is 4.09. The third-order valence-electron chi connectivity index (χ3n) is 5.77. The summed E-state index contributed by atoms with van der Waals surface area (Å²) < 4.78 is 26.6. The van der Waals surface area contributed by atoms with E-state index < -0.39 is 53.2 Å². The molecule has 30 heavy (non-hydrogen) atoms. The van der Waals surface area contributed by atoms with E-state index in [1.165, 1.54) is 59.8 Å². The second-order valence-electron chi connectivity index (χ2n) is 7.38. The van der Waals surface area contributed by atoms with Gasteiger partial charge < -0.3 is 0 Å². The van der Waals surface area contributed by atoms with Gasteiger partial charge in [0.2, 0.25) is 11.8 Å². The minimum atomic E-state index is -1.01. The van der Waals surface area contributed by atoms with Crippen LogP contribution in [0.1, 0.15) is 10.4 Å². The molecule has 2 aromatic rings. The van der Waals surface area contributed by atoms with Crippen molar-refractivity contribution in [3.8, 4) is 0 Å². The Balaban J connectivity index is 1.57. The van der Waals surface area contributed by atoms with Gasteiger partial charge in [0.25, 0.3) is 0 Å². The second kappa shape index (κ2) is 6.69. The lowest BCUT2D eigenvalue weighted by atomic mass is 9.86. The van der Waals surface area contributed by atoms with E-state index >= 15 is 0 Å². The van der Waals surface area contributed by atoms with Crippen LogP contribution in [0.15, 0.2) is 65.8 Å². The van der Waals surface area contributed by atoms with E-state index in [1.54, 1.807) is 12.2 Å². The van der Waals surface area contributed by atoms with Crippen molar-refractivity contribution in [2.75, 3.05) is 4.90 Å². The molecule has 5 rings (SSSR count). The van der Waals surface area contributed by atoms with Crippen molar-refractivity contribution in [3.05, 3.63) is 77.9 Å². The second-order valence-corrected chi connectivity index (χ2v) is 7.38. The number of amides is 2. The molecule has 3 heterocycles. The number of halogens is 2. The third kappa shape index (κ3) is 2.60. The molecular weight excluding hydrogens is 392 g/mol. The van der Waals surface area contributed by atoms with Gasteiger partial charge in [-0.05, 0) is 54.6 Å². The van der Waals surface area contributed by atoms with Gasteiger partial charge in [-0.1, -0.05) is 6.08 Å². The number of carbonyl (C=O) groups excluding carboxylic acids is 3. The van der Waals surface area contributed by atoms with E-state index in [2.05, 4.69) is 5.10 Å². The van der Waals surface area contributed by atoms with Crippen LogP contribution in [0.3, 0.4) is 0 Å². The monoisotopic (exact) mass is 407 g/mol. The fourth-order valence-electron chi connectivity index (χ4n) is 4.47. The van der Waals surface area contributed by atoms with Crippen LogP contribution in [0.4, 0.5) is 14.5 Å². The Labute approximate surface area is 170 Å². The first-order chi connectivity index (χ1) is 14.5. The summed E-state index contributed by atoms with van der Waals surface area (Å²) in [5.74, 6) is -4.13. The quantitative estimate of drug-likeness (QED) is 0.579. The SMILES string of the molecule is O=C(c1ccc(F)cc1)[C@@H]1[C@@H]2C(=O)N(c3ccc(F)cc3)C(=O)[C@@H]2[C@H]2C=CC=NN21. The summed E-state index contributed by atoms with van der Waals surface area (Å²) in [5, 5.41) is 5.74. The number of Topliss-reactive ketones (excluding diaryl/α,β-unsaturated/α-hetero) is 1. The van der Waals surface area contributed by atoms with Crippen molar-refractivity contribution in [2.45, 2.75) is 12.1 Å². The van der Waals surface area contributed by atoms with Gasteiger partial charge in [0.1, 0.15) is 17.7 Å². The van der Waals surface area contributed by atoms with Crippen LogP contribution >= 0.6 is 0 Å². The van der Waals surface area contributed by atoms with E-state index in [1.807, 2.05) is 0 Å². The topological polar surface area (TPSA) is 70.0 Å². The molecule has 2 aromatic carbocycles. The number of carbonyl (C=O) groups is 3. The summed E-state index contributed by atoms with van der Waals surface area (Å²) in [6.07, 6.45) is 4.90. The summed E-state index contributed by atoms with van der Waals surface area (Å²) in [4.78, 5) is 40.9.